The van der Waals surface area contributed by atoms with Gasteiger partial charge in [0, 0.05) is 42.6 Å². The van der Waals surface area contributed by atoms with E-state index >= 15 is 0 Å². The van der Waals surface area contributed by atoms with Crippen molar-refractivity contribution < 1.29 is 39.6 Å². The number of alkyl halides is 5. The predicted octanol–water partition coefficient (Wildman–Crippen LogP) is 4.86. The monoisotopic (exact) mass is 572 g/mol. The van der Waals surface area contributed by atoms with Gasteiger partial charge in [0.1, 0.15) is 18.7 Å². The van der Waals surface area contributed by atoms with Gasteiger partial charge >= 0.3 is 6.18 Å². The first kappa shape index (κ1) is 28.6. The third-order valence-electron chi connectivity index (χ3n) is 6.51. The molecule has 0 bridgehead atoms. The number of sulfonamides is 1. The number of Topliss-reactive ketones (excluding diaryl/α,β-unsaturated/α-hetero) is 1. The first-order valence-electron chi connectivity index (χ1n) is 11.7. The Morgan fingerprint density at radius 1 is 1.05 bits per heavy atom. The van der Waals surface area contributed by atoms with Crippen LogP contribution in [0.25, 0.3) is 11.3 Å². The van der Waals surface area contributed by atoms with Crippen molar-refractivity contribution >= 4 is 15.8 Å². The zero-order valence-electron chi connectivity index (χ0n) is 20.4. The highest BCUT2D eigenvalue weighted by Crippen LogP contribution is 2.34. The van der Waals surface area contributed by atoms with Gasteiger partial charge in [-0.05, 0) is 49.2 Å². The summed E-state index contributed by atoms with van der Waals surface area (Å²) in [5.41, 5.74) is 0.703. The number of pyridine rings is 1. The van der Waals surface area contributed by atoms with Crippen molar-refractivity contribution in [3.63, 3.8) is 0 Å². The molecule has 0 aliphatic carbocycles. The topological polar surface area (TPSA) is 93.1 Å². The molecular weight excluding hydrogens is 550 g/mol. The van der Waals surface area contributed by atoms with Crippen molar-refractivity contribution in [3.05, 3.63) is 71.7 Å². The molecule has 14 heteroatoms. The summed E-state index contributed by atoms with van der Waals surface area (Å²) >= 11 is 0. The summed E-state index contributed by atoms with van der Waals surface area (Å²) in [5, 5.41) is 0. The van der Waals surface area contributed by atoms with Crippen LogP contribution in [0.5, 0.6) is 0 Å². The summed E-state index contributed by atoms with van der Waals surface area (Å²) in [4.78, 5) is 23.5. The van der Waals surface area contributed by atoms with Crippen LogP contribution in [-0.2, 0) is 34.1 Å². The van der Waals surface area contributed by atoms with Gasteiger partial charge in [-0.2, -0.15) is 17.5 Å². The molecule has 1 saturated heterocycles. The van der Waals surface area contributed by atoms with Gasteiger partial charge < -0.3 is 0 Å². The van der Waals surface area contributed by atoms with E-state index in [4.69, 9.17) is 0 Å². The molecule has 0 amide bonds. The summed E-state index contributed by atoms with van der Waals surface area (Å²) < 4.78 is 107. The Kier molecular flexibility index (Phi) is 8.07. The minimum Gasteiger partial charge on any atom is -0.298 e. The van der Waals surface area contributed by atoms with Crippen LogP contribution < -0.4 is 0 Å². The number of rotatable bonds is 8. The normalized spacial score (nSPS) is 20.3. The largest absolute Gasteiger partial charge is 0.451 e. The minimum absolute atomic E-state index is 0.0681. The van der Waals surface area contributed by atoms with Crippen LogP contribution in [0.4, 0.5) is 26.3 Å². The lowest BCUT2D eigenvalue weighted by Gasteiger charge is -2.27. The third kappa shape index (κ3) is 5.96. The number of aryl methyl sites for hydroxylation is 1. The van der Waals surface area contributed by atoms with E-state index in [1.54, 1.807) is 0 Å². The Balaban J connectivity index is 1.55. The van der Waals surface area contributed by atoms with Gasteiger partial charge in [-0.25, -0.2) is 31.6 Å². The van der Waals surface area contributed by atoms with Gasteiger partial charge in [0.2, 0.25) is 15.8 Å². The highest BCUT2D eigenvalue weighted by Gasteiger charge is 2.48. The molecule has 7 nitrogen and oxygen atoms in total. The maximum atomic E-state index is 14.7. The summed E-state index contributed by atoms with van der Waals surface area (Å²) in [6, 6.07) is 2.85. The highest BCUT2D eigenvalue weighted by atomic mass is 32.2. The highest BCUT2D eigenvalue weighted by molar-refractivity contribution is 7.89. The lowest BCUT2D eigenvalue weighted by molar-refractivity contribution is -0.145. The van der Waals surface area contributed by atoms with Crippen molar-refractivity contribution in [2.45, 2.75) is 62.2 Å². The van der Waals surface area contributed by atoms with Crippen LogP contribution in [0, 0.1) is 5.82 Å². The molecule has 1 aromatic carbocycles. The molecule has 4 rings (SSSR count). The number of nitrogens with zero attached hydrogens (tertiary/aromatic N) is 4. The number of carbonyl (C=O) groups excluding carboxylic acids is 1. The Hall–Kier alpha value is -3.39. The molecular formula is C25H22F6N4O3S. The van der Waals surface area contributed by atoms with Crippen LogP contribution in [0.3, 0.4) is 0 Å². The zero-order chi connectivity index (χ0) is 28.5. The second kappa shape index (κ2) is 11.0. The molecule has 3 atom stereocenters. The standard InChI is InChI=1S/C25H22F6N4O3S/c1-14-20(28)9-22(35(14)39(37,38)19-5-3-18(27)4-6-19)23(36)7-2-15-8-21(32-11-16(15)10-26)17-12-33-24(34-13-17)25(29,30)31/h3-6,8,11-14,20,22H,2,7,9-10H2,1H3/t14-,20+,22-/m0/s1. The Morgan fingerprint density at radius 2 is 1.69 bits per heavy atom. The van der Waals surface area contributed by atoms with E-state index in [9.17, 15) is 39.6 Å². The van der Waals surface area contributed by atoms with Crippen molar-refractivity contribution in [2.24, 2.45) is 0 Å². The van der Waals surface area contributed by atoms with E-state index in [2.05, 4.69) is 15.0 Å². The van der Waals surface area contributed by atoms with E-state index in [0.717, 1.165) is 41.0 Å². The number of ketones is 1. The summed E-state index contributed by atoms with van der Waals surface area (Å²) in [7, 11) is -4.34. The molecule has 0 spiro atoms. The zero-order valence-corrected chi connectivity index (χ0v) is 21.2. The molecule has 39 heavy (non-hydrogen) atoms. The average Bonchev–Trinajstić information content (AvgIpc) is 3.21. The van der Waals surface area contributed by atoms with E-state index in [0.29, 0.717) is 5.56 Å². The van der Waals surface area contributed by atoms with Crippen LogP contribution >= 0.6 is 0 Å². The van der Waals surface area contributed by atoms with Crippen molar-refractivity contribution in [2.75, 3.05) is 0 Å². The minimum atomic E-state index is -4.73. The average molecular weight is 573 g/mol. The Morgan fingerprint density at radius 3 is 2.28 bits per heavy atom. The fourth-order valence-electron chi connectivity index (χ4n) is 4.41. The number of benzene rings is 1. The number of carbonyl (C=O) groups is 1. The Bertz CT molecular complexity index is 1450. The fourth-order valence-corrected chi connectivity index (χ4v) is 6.24. The first-order chi connectivity index (χ1) is 18.3. The van der Waals surface area contributed by atoms with Crippen molar-refractivity contribution in [1.82, 2.24) is 19.3 Å². The second-order valence-corrected chi connectivity index (χ2v) is 10.9. The predicted molar refractivity (Wildman–Crippen MR) is 127 cm³/mol. The van der Waals surface area contributed by atoms with Gasteiger partial charge in [-0.15, -0.1) is 0 Å². The first-order valence-corrected chi connectivity index (χ1v) is 13.2. The van der Waals surface area contributed by atoms with Crippen molar-refractivity contribution in [1.29, 1.82) is 0 Å². The molecule has 2 aromatic heterocycles. The van der Waals surface area contributed by atoms with E-state index < -0.39 is 58.6 Å². The van der Waals surface area contributed by atoms with Gasteiger partial charge in [0.25, 0.3) is 0 Å². The summed E-state index contributed by atoms with van der Waals surface area (Å²) in [6.07, 6.45) is -4.06. The molecule has 3 aromatic rings. The number of halogens is 6. The molecule has 1 aliphatic rings. The molecule has 0 saturated carbocycles. The van der Waals surface area contributed by atoms with E-state index in [-0.39, 0.29) is 41.0 Å². The van der Waals surface area contributed by atoms with Gasteiger partial charge in [-0.1, -0.05) is 0 Å². The van der Waals surface area contributed by atoms with Gasteiger partial charge in [-0.3, -0.25) is 9.78 Å². The van der Waals surface area contributed by atoms with E-state index in [1.807, 2.05) is 0 Å². The van der Waals surface area contributed by atoms with Crippen LogP contribution in [-0.4, -0.2) is 51.7 Å². The van der Waals surface area contributed by atoms with Crippen molar-refractivity contribution in [3.8, 4) is 11.3 Å². The maximum Gasteiger partial charge on any atom is 0.451 e. The fraction of sp³-hybridized carbons (Fsp3) is 0.360. The van der Waals surface area contributed by atoms with Crippen LogP contribution in [0.1, 0.15) is 36.7 Å². The molecule has 0 radical (unpaired) electrons. The molecule has 208 valence electrons. The lowest BCUT2D eigenvalue weighted by atomic mass is 9.98. The lowest BCUT2D eigenvalue weighted by Crippen LogP contribution is -2.44. The number of hydrogen-bond donors (Lipinski definition) is 0. The van der Waals surface area contributed by atoms with E-state index in [1.165, 1.54) is 19.2 Å². The molecule has 0 N–H and O–H groups in total. The molecule has 1 fully saturated rings. The Labute approximate surface area is 220 Å². The quantitative estimate of drug-likeness (QED) is 0.358. The molecule has 1 aliphatic heterocycles. The maximum absolute atomic E-state index is 14.7. The summed E-state index contributed by atoms with van der Waals surface area (Å²) in [6.45, 7) is 0.389. The van der Waals surface area contributed by atoms with Gasteiger partial charge in [0.15, 0.2) is 5.78 Å². The number of hydrogen-bond acceptors (Lipinski definition) is 6. The smallest absolute Gasteiger partial charge is 0.298 e. The number of aromatic nitrogens is 3. The van der Waals surface area contributed by atoms with Crippen LogP contribution in [0.15, 0.2) is 53.8 Å². The SMILES string of the molecule is C[C@H]1[C@H](F)C[C@@H](C(=O)CCc2cc(-c3cnc(C(F)(F)F)nc3)ncc2CF)N1S(=O)(=O)c1ccc(F)cc1. The third-order valence-corrected chi connectivity index (χ3v) is 8.52. The summed E-state index contributed by atoms with van der Waals surface area (Å²) in [5.74, 6) is -2.61. The molecule has 3 heterocycles. The van der Waals surface area contributed by atoms with Gasteiger partial charge in [0.05, 0.1) is 22.7 Å². The second-order valence-electron chi connectivity index (χ2n) is 9.03. The van der Waals surface area contributed by atoms with Crippen LogP contribution in [0.2, 0.25) is 0 Å². The molecule has 0 unspecified atom stereocenters.